The molecule has 0 saturated carbocycles. The van der Waals surface area contributed by atoms with Gasteiger partial charge in [0, 0.05) is 34.5 Å². The van der Waals surface area contributed by atoms with E-state index in [4.69, 9.17) is 0 Å². The molecule has 1 fully saturated rings. The van der Waals surface area contributed by atoms with Gasteiger partial charge in [0.1, 0.15) is 11.6 Å². The molecule has 1 N–H and O–H groups in total. The van der Waals surface area contributed by atoms with Crippen LogP contribution in [0, 0.1) is 0 Å². The Balaban J connectivity index is 1.83. The normalized spacial score (nSPS) is 24.5. The van der Waals surface area contributed by atoms with Crippen LogP contribution in [0.3, 0.4) is 0 Å². The molecule has 27 heavy (non-hydrogen) atoms. The van der Waals surface area contributed by atoms with Gasteiger partial charge in [-0.15, -0.1) is 0 Å². The van der Waals surface area contributed by atoms with Crippen molar-refractivity contribution in [3.8, 4) is 0 Å². The van der Waals surface area contributed by atoms with Gasteiger partial charge >= 0.3 is 6.03 Å². The highest BCUT2D eigenvalue weighted by Gasteiger charge is 2.59. The number of H-pyrrole nitrogens is 1. The van der Waals surface area contributed by atoms with E-state index in [1.165, 1.54) is 4.90 Å². The van der Waals surface area contributed by atoms with Crippen molar-refractivity contribution in [1.82, 2.24) is 14.8 Å². The maximum Gasteiger partial charge on any atom is 0.328 e. The van der Waals surface area contributed by atoms with Gasteiger partial charge in [-0.2, -0.15) is 0 Å². The number of imide groups is 1. The highest BCUT2D eigenvalue weighted by atomic mass is 79.9. The van der Waals surface area contributed by atoms with Crippen LogP contribution in [0.2, 0.25) is 0 Å². The zero-order valence-electron chi connectivity index (χ0n) is 15.0. The molecule has 2 atom stereocenters. The Bertz CT molecular complexity index is 1110. The molecular weight excluding hydrogens is 406 g/mol. The van der Waals surface area contributed by atoms with Crippen molar-refractivity contribution < 1.29 is 9.59 Å². The number of fused-ring (bicyclic) bond motifs is 4. The lowest BCUT2D eigenvalue weighted by molar-refractivity contribution is -0.132. The van der Waals surface area contributed by atoms with Crippen molar-refractivity contribution in [2.75, 3.05) is 7.05 Å². The summed E-state index contributed by atoms with van der Waals surface area (Å²) >= 11 is 3.55. The van der Waals surface area contributed by atoms with Gasteiger partial charge in [0.2, 0.25) is 0 Å². The summed E-state index contributed by atoms with van der Waals surface area (Å²) in [5, 5.41) is 1.09. The number of hydrogen-bond acceptors (Lipinski definition) is 2. The number of amides is 3. The van der Waals surface area contributed by atoms with E-state index in [1.807, 2.05) is 49.4 Å². The van der Waals surface area contributed by atoms with E-state index >= 15 is 0 Å². The van der Waals surface area contributed by atoms with Crippen LogP contribution in [0.5, 0.6) is 0 Å². The smallest absolute Gasteiger partial charge is 0.328 e. The van der Waals surface area contributed by atoms with Crippen LogP contribution in [-0.4, -0.2) is 39.3 Å². The molecule has 2 unspecified atom stereocenters. The fraction of sp³-hybridized carbons (Fsp3) is 0.238. The number of aromatic amines is 1. The van der Waals surface area contributed by atoms with Crippen molar-refractivity contribution in [3.63, 3.8) is 0 Å². The van der Waals surface area contributed by atoms with E-state index in [0.29, 0.717) is 6.42 Å². The van der Waals surface area contributed by atoms with Gasteiger partial charge < -0.3 is 4.98 Å². The first-order valence-corrected chi connectivity index (χ1v) is 9.67. The fourth-order valence-electron chi connectivity index (χ4n) is 4.57. The maximum atomic E-state index is 13.0. The Labute approximate surface area is 165 Å². The Morgan fingerprint density at radius 1 is 1.15 bits per heavy atom. The first kappa shape index (κ1) is 16.6. The lowest BCUT2D eigenvalue weighted by Crippen LogP contribution is -2.53. The van der Waals surface area contributed by atoms with Crippen LogP contribution in [0.1, 0.15) is 29.8 Å². The van der Waals surface area contributed by atoms with Crippen molar-refractivity contribution in [3.05, 3.63) is 69.8 Å². The summed E-state index contributed by atoms with van der Waals surface area (Å²) in [6, 6.07) is 15.4. The van der Waals surface area contributed by atoms with Crippen molar-refractivity contribution in [1.29, 1.82) is 0 Å². The molecule has 136 valence electrons. The average Bonchev–Trinajstić information content (AvgIpc) is 3.09. The molecule has 0 aliphatic carbocycles. The first-order valence-electron chi connectivity index (χ1n) is 8.88. The molecule has 0 bridgehead atoms. The average molecular weight is 424 g/mol. The molecular formula is C21H18BrN3O2. The van der Waals surface area contributed by atoms with Gasteiger partial charge in [0.25, 0.3) is 5.91 Å². The molecule has 1 aromatic heterocycles. The molecule has 2 aliphatic heterocycles. The fourth-order valence-corrected chi connectivity index (χ4v) is 4.93. The van der Waals surface area contributed by atoms with E-state index in [1.54, 1.807) is 11.9 Å². The number of aromatic nitrogens is 1. The number of benzene rings is 2. The molecule has 3 aromatic rings. The quantitative estimate of drug-likeness (QED) is 0.595. The van der Waals surface area contributed by atoms with Crippen LogP contribution in [0.25, 0.3) is 10.9 Å². The Morgan fingerprint density at radius 2 is 1.89 bits per heavy atom. The molecule has 0 radical (unpaired) electrons. The van der Waals surface area contributed by atoms with Gasteiger partial charge in [-0.3, -0.25) is 14.6 Å². The standard InChI is InChI=1S/C21H18BrN3O2/c1-21-11-15-14-10-13(22)8-9-16(14)23-17(15)18(12-6-4-3-5-7-12)25(21)20(27)24(2)19(21)26/h3-10,18,23H,11H2,1-2H3. The molecule has 6 heteroatoms. The molecule has 0 spiro atoms. The molecule has 2 aliphatic rings. The summed E-state index contributed by atoms with van der Waals surface area (Å²) in [6.45, 7) is 1.88. The summed E-state index contributed by atoms with van der Waals surface area (Å²) in [6.07, 6.45) is 0.497. The zero-order valence-corrected chi connectivity index (χ0v) is 16.6. The number of likely N-dealkylation sites (N-methyl/N-ethyl adjacent to an activating group) is 1. The van der Waals surface area contributed by atoms with Crippen LogP contribution in [-0.2, 0) is 11.2 Å². The maximum absolute atomic E-state index is 13.0. The summed E-state index contributed by atoms with van der Waals surface area (Å²) in [4.78, 5) is 32.6. The third-order valence-corrected chi connectivity index (χ3v) is 6.35. The van der Waals surface area contributed by atoms with Gasteiger partial charge in [0.05, 0.1) is 0 Å². The van der Waals surface area contributed by atoms with Crippen LogP contribution in [0.15, 0.2) is 53.0 Å². The van der Waals surface area contributed by atoms with Crippen LogP contribution < -0.4 is 0 Å². The van der Waals surface area contributed by atoms with E-state index in [2.05, 4.69) is 27.0 Å². The van der Waals surface area contributed by atoms with Crippen molar-refractivity contribution in [2.24, 2.45) is 0 Å². The Hall–Kier alpha value is -2.60. The lowest BCUT2D eigenvalue weighted by Gasteiger charge is -2.42. The first-order chi connectivity index (χ1) is 12.9. The van der Waals surface area contributed by atoms with E-state index in [-0.39, 0.29) is 18.0 Å². The largest absolute Gasteiger partial charge is 0.356 e. The third kappa shape index (κ3) is 2.10. The number of carbonyl (C=O) groups is 2. The minimum atomic E-state index is -0.892. The molecule has 2 aromatic carbocycles. The van der Waals surface area contributed by atoms with E-state index in [0.717, 1.165) is 32.2 Å². The highest BCUT2D eigenvalue weighted by Crippen LogP contribution is 2.48. The summed E-state index contributed by atoms with van der Waals surface area (Å²) in [5.74, 6) is -0.150. The second kappa shape index (κ2) is 5.45. The Morgan fingerprint density at radius 3 is 2.63 bits per heavy atom. The van der Waals surface area contributed by atoms with Crippen LogP contribution in [0.4, 0.5) is 4.79 Å². The number of hydrogen-bond donors (Lipinski definition) is 1. The molecule has 3 amide bonds. The number of halogens is 1. The number of nitrogens with zero attached hydrogens (tertiary/aromatic N) is 2. The van der Waals surface area contributed by atoms with E-state index < -0.39 is 5.54 Å². The zero-order chi connectivity index (χ0) is 18.9. The number of carbonyl (C=O) groups excluding carboxylic acids is 2. The second-order valence-electron chi connectivity index (χ2n) is 7.49. The molecule has 1 saturated heterocycles. The van der Waals surface area contributed by atoms with E-state index in [9.17, 15) is 9.59 Å². The van der Waals surface area contributed by atoms with Gasteiger partial charge in [-0.25, -0.2) is 4.79 Å². The number of rotatable bonds is 1. The minimum absolute atomic E-state index is 0.150. The Kier molecular flexibility index (Phi) is 3.35. The predicted molar refractivity (Wildman–Crippen MR) is 106 cm³/mol. The third-order valence-electron chi connectivity index (χ3n) is 5.86. The lowest BCUT2D eigenvalue weighted by atomic mass is 9.81. The van der Waals surface area contributed by atoms with Crippen LogP contribution >= 0.6 is 15.9 Å². The van der Waals surface area contributed by atoms with Gasteiger partial charge in [-0.05, 0) is 36.2 Å². The summed E-state index contributed by atoms with van der Waals surface area (Å²) < 4.78 is 0.992. The molecule has 3 heterocycles. The van der Waals surface area contributed by atoms with Crippen molar-refractivity contribution >= 4 is 38.8 Å². The molecule has 5 rings (SSSR count). The topological polar surface area (TPSA) is 56.4 Å². The van der Waals surface area contributed by atoms with Gasteiger partial charge in [-0.1, -0.05) is 46.3 Å². The number of urea groups is 1. The van der Waals surface area contributed by atoms with Gasteiger partial charge in [0.15, 0.2) is 0 Å². The summed E-state index contributed by atoms with van der Waals surface area (Å²) in [7, 11) is 1.57. The minimum Gasteiger partial charge on any atom is -0.356 e. The summed E-state index contributed by atoms with van der Waals surface area (Å²) in [5.41, 5.74) is 3.21. The number of nitrogens with one attached hydrogen (secondary N) is 1. The predicted octanol–water partition coefficient (Wildman–Crippen LogP) is 4.23. The SMILES string of the molecule is CN1C(=O)N2C(c3ccccc3)c3[nH]c4ccc(Br)cc4c3CC2(C)C1=O. The monoisotopic (exact) mass is 423 g/mol. The van der Waals surface area contributed by atoms with Crippen molar-refractivity contribution in [2.45, 2.75) is 24.9 Å². The highest BCUT2D eigenvalue weighted by molar-refractivity contribution is 9.10. The second-order valence-corrected chi connectivity index (χ2v) is 8.40. The molecule has 5 nitrogen and oxygen atoms in total.